The summed E-state index contributed by atoms with van der Waals surface area (Å²) in [5, 5.41) is 0. The highest BCUT2D eigenvalue weighted by molar-refractivity contribution is 6.00. The van der Waals surface area contributed by atoms with Gasteiger partial charge in [0.2, 0.25) is 0 Å². The largest absolute Gasteiger partial charge is 0.468 e. The van der Waals surface area contributed by atoms with Gasteiger partial charge in [0.25, 0.3) is 0 Å². The quantitative estimate of drug-likeness (QED) is 0.454. The van der Waals surface area contributed by atoms with E-state index < -0.39 is 17.4 Å². The first-order valence-electron chi connectivity index (χ1n) is 9.19. The third-order valence-electron chi connectivity index (χ3n) is 4.50. The van der Waals surface area contributed by atoms with Gasteiger partial charge >= 0.3 is 11.9 Å². The van der Waals surface area contributed by atoms with E-state index in [1.165, 1.54) is 14.2 Å². The van der Waals surface area contributed by atoms with Crippen molar-refractivity contribution in [2.45, 2.75) is 26.7 Å². The number of hydrogen-bond donors (Lipinski definition) is 0. The molecule has 0 fully saturated rings. The van der Waals surface area contributed by atoms with Crippen LogP contribution in [0.3, 0.4) is 0 Å². The zero-order valence-corrected chi connectivity index (χ0v) is 17.2. The Morgan fingerprint density at radius 3 is 1.38 bits per heavy atom. The molecule has 4 nitrogen and oxygen atoms in total. The normalized spacial score (nSPS) is 10.1. The van der Waals surface area contributed by atoms with Gasteiger partial charge in [0.05, 0.1) is 14.2 Å². The molecule has 0 aliphatic carbocycles. The number of esters is 2. The van der Waals surface area contributed by atoms with Crippen molar-refractivity contribution in [3.63, 3.8) is 0 Å². The Morgan fingerprint density at radius 2 is 1.07 bits per heavy atom. The van der Waals surface area contributed by atoms with Crippen LogP contribution in [0.15, 0.2) is 48.5 Å². The minimum absolute atomic E-state index is 0.0528. The van der Waals surface area contributed by atoms with Crippen molar-refractivity contribution in [1.29, 1.82) is 0 Å². The second kappa shape index (κ2) is 10.2. The van der Waals surface area contributed by atoms with Crippen molar-refractivity contribution in [2.24, 2.45) is 5.41 Å². The summed E-state index contributed by atoms with van der Waals surface area (Å²) in [7, 11) is 2.47. The molecular weight excluding hydrogens is 364 g/mol. The molecule has 0 bridgehead atoms. The number of methoxy groups -OCH3 is 2. The molecule has 29 heavy (non-hydrogen) atoms. The van der Waals surface area contributed by atoms with Crippen LogP contribution in [0.4, 0.5) is 0 Å². The Kier molecular flexibility index (Phi) is 7.63. The molecule has 2 aromatic carbocycles. The molecule has 2 aromatic rings. The summed E-state index contributed by atoms with van der Waals surface area (Å²) in [5.74, 6) is 10.4. The molecule has 0 amide bonds. The Labute approximate surface area is 172 Å². The second-order valence-corrected chi connectivity index (χ2v) is 6.75. The standard InChI is InChI=1S/C25H24O4/c1-19-9-13-21(14-10-19)7-5-17-25(23(26)28-3,24(27)29-4)18-6-8-22-15-11-20(2)12-16-22/h9-16H,17-18H2,1-4H3. The zero-order chi connectivity index (χ0) is 21.3. The summed E-state index contributed by atoms with van der Waals surface area (Å²) < 4.78 is 9.80. The van der Waals surface area contributed by atoms with Crippen molar-refractivity contribution >= 4 is 11.9 Å². The van der Waals surface area contributed by atoms with Gasteiger partial charge in [-0.05, 0) is 38.1 Å². The van der Waals surface area contributed by atoms with E-state index in [-0.39, 0.29) is 12.8 Å². The van der Waals surface area contributed by atoms with Gasteiger partial charge in [0.1, 0.15) is 0 Å². The lowest BCUT2D eigenvalue weighted by Crippen LogP contribution is -2.40. The lowest BCUT2D eigenvalue weighted by atomic mass is 9.81. The molecule has 0 radical (unpaired) electrons. The Hall–Kier alpha value is -3.50. The average Bonchev–Trinajstić information content (AvgIpc) is 2.74. The SMILES string of the molecule is COC(=O)C(CC#Cc1ccc(C)cc1)(CC#Cc1ccc(C)cc1)C(=O)OC. The average molecular weight is 388 g/mol. The van der Waals surface area contributed by atoms with Crippen LogP contribution in [-0.2, 0) is 19.1 Å². The molecule has 0 heterocycles. The predicted molar refractivity (Wildman–Crippen MR) is 112 cm³/mol. The van der Waals surface area contributed by atoms with Gasteiger partial charge in [-0.1, -0.05) is 59.1 Å². The van der Waals surface area contributed by atoms with Gasteiger partial charge in [-0.15, -0.1) is 0 Å². The minimum atomic E-state index is -1.60. The van der Waals surface area contributed by atoms with Gasteiger partial charge in [-0.2, -0.15) is 0 Å². The van der Waals surface area contributed by atoms with E-state index in [0.717, 1.165) is 22.3 Å². The molecule has 0 atom stereocenters. The van der Waals surface area contributed by atoms with Crippen LogP contribution < -0.4 is 0 Å². The highest BCUT2D eigenvalue weighted by Gasteiger charge is 2.47. The summed E-state index contributed by atoms with van der Waals surface area (Å²) in [6.45, 7) is 3.98. The molecule has 0 N–H and O–H groups in total. The summed E-state index contributed by atoms with van der Waals surface area (Å²) in [6, 6.07) is 15.3. The van der Waals surface area contributed by atoms with E-state index in [4.69, 9.17) is 9.47 Å². The molecule has 0 aromatic heterocycles. The minimum Gasteiger partial charge on any atom is -0.468 e. The monoisotopic (exact) mass is 388 g/mol. The first-order valence-corrected chi connectivity index (χ1v) is 9.19. The smallest absolute Gasteiger partial charge is 0.325 e. The summed E-state index contributed by atoms with van der Waals surface area (Å²) >= 11 is 0. The fraction of sp³-hybridized carbons (Fsp3) is 0.280. The molecule has 4 heteroatoms. The van der Waals surface area contributed by atoms with Crippen LogP contribution in [0.2, 0.25) is 0 Å². The zero-order valence-electron chi connectivity index (χ0n) is 17.2. The number of aryl methyl sites for hydroxylation is 2. The van der Waals surface area contributed by atoms with E-state index >= 15 is 0 Å². The Morgan fingerprint density at radius 1 is 0.724 bits per heavy atom. The lowest BCUT2D eigenvalue weighted by molar-refractivity contribution is -0.168. The van der Waals surface area contributed by atoms with Crippen molar-refractivity contribution in [3.05, 3.63) is 70.8 Å². The van der Waals surface area contributed by atoms with E-state index in [0.29, 0.717) is 0 Å². The highest BCUT2D eigenvalue weighted by Crippen LogP contribution is 2.30. The van der Waals surface area contributed by atoms with Gasteiger partial charge < -0.3 is 9.47 Å². The Balaban J connectivity index is 2.32. The fourth-order valence-electron chi connectivity index (χ4n) is 2.69. The van der Waals surface area contributed by atoms with Gasteiger partial charge in [0, 0.05) is 24.0 Å². The molecule has 2 rings (SSSR count). The van der Waals surface area contributed by atoms with Gasteiger partial charge in [-0.25, -0.2) is 0 Å². The van der Waals surface area contributed by atoms with Crippen LogP contribution in [0.25, 0.3) is 0 Å². The summed E-state index contributed by atoms with van der Waals surface area (Å²) in [6.07, 6.45) is -0.106. The molecule has 0 spiro atoms. The fourth-order valence-corrected chi connectivity index (χ4v) is 2.69. The van der Waals surface area contributed by atoms with Crippen LogP contribution in [-0.4, -0.2) is 26.2 Å². The molecule has 0 unspecified atom stereocenters. The highest BCUT2D eigenvalue weighted by atomic mass is 16.5. The van der Waals surface area contributed by atoms with Crippen molar-refractivity contribution < 1.29 is 19.1 Å². The van der Waals surface area contributed by atoms with E-state index in [1.54, 1.807) is 0 Å². The molecule has 0 saturated carbocycles. The third kappa shape index (κ3) is 5.74. The number of benzene rings is 2. The van der Waals surface area contributed by atoms with Crippen LogP contribution in [0.1, 0.15) is 35.1 Å². The number of carbonyl (C=O) groups excluding carboxylic acids is 2. The van der Waals surface area contributed by atoms with Crippen molar-refractivity contribution in [3.8, 4) is 23.7 Å². The number of hydrogen-bond acceptors (Lipinski definition) is 4. The molecule has 148 valence electrons. The maximum Gasteiger partial charge on any atom is 0.325 e. The molecule has 0 aliphatic heterocycles. The topological polar surface area (TPSA) is 52.6 Å². The van der Waals surface area contributed by atoms with Crippen molar-refractivity contribution in [2.75, 3.05) is 14.2 Å². The van der Waals surface area contributed by atoms with Gasteiger partial charge in [0.15, 0.2) is 5.41 Å². The van der Waals surface area contributed by atoms with E-state index in [1.807, 2.05) is 62.4 Å². The van der Waals surface area contributed by atoms with Gasteiger partial charge in [-0.3, -0.25) is 9.59 Å². The molecule has 0 aliphatic rings. The third-order valence-corrected chi connectivity index (χ3v) is 4.50. The number of carbonyl (C=O) groups is 2. The maximum absolute atomic E-state index is 12.5. The van der Waals surface area contributed by atoms with Crippen LogP contribution >= 0.6 is 0 Å². The molecular formula is C25H24O4. The summed E-state index contributed by atoms with van der Waals surface area (Å²) in [4.78, 5) is 25.1. The second-order valence-electron chi connectivity index (χ2n) is 6.75. The predicted octanol–water partition coefficient (Wildman–Crippen LogP) is 3.82. The first-order chi connectivity index (χ1) is 13.9. The number of ether oxygens (including phenoxy) is 2. The van der Waals surface area contributed by atoms with Crippen LogP contribution in [0, 0.1) is 42.9 Å². The maximum atomic E-state index is 12.5. The Bertz CT molecular complexity index is 894. The van der Waals surface area contributed by atoms with E-state index in [2.05, 4.69) is 23.7 Å². The van der Waals surface area contributed by atoms with Crippen LogP contribution in [0.5, 0.6) is 0 Å². The lowest BCUT2D eigenvalue weighted by Gasteiger charge is -2.23. The summed E-state index contributed by atoms with van der Waals surface area (Å²) in [5.41, 5.74) is 2.24. The first kappa shape index (κ1) is 21.8. The van der Waals surface area contributed by atoms with Crippen molar-refractivity contribution in [1.82, 2.24) is 0 Å². The number of rotatable bonds is 4. The van der Waals surface area contributed by atoms with E-state index in [9.17, 15) is 9.59 Å². The molecule has 0 saturated heterocycles.